The number of carbonyl (C=O) groups excluding carboxylic acids is 1. The van der Waals surface area contributed by atoms with Gasteiger partial charge in [-0.15, -0.1) is 0 Å². The van der Waals surface area contributed by atoms with Crippen molar-refractivity contribution in [1.82, 2.24) is 20.5 Å². The second-order valence-electron chi connectivity index (χ2n) is 5.82. The number of benzene rings is 1. The van der Waals surface area contributed by atoms with Gasteiger partial charge in [-0.05, 0) is 24.6 Å². The number of guanidine groups is 1. The number of hydrogen-bond acceptors (Lipinski definition) is 3. The number of pyridine rings is 1. The third-order valence-electron chi connectivity index (χ3n) is 3.98. The number of carbonyl (C=O) groups is 1. The highest BCUT2D eigenvalue weighted by atomic mass is 16.2. The van der Waals surface area contributed by atoms with Crippen LogP contribution >= 0.6 is 0 Å². The van der Waals surface area contributed by atoms with Crippen LogP contribution in [0.15, 0.2) is 59.7 Å². The third-order valence-corrected chi connectivity index (χ3v) is 3.98. The number of amides is 1. The average Bonchev–Trinajstić information content (AvgIpc) is 2.70. The van der Waals surface area contributed by atoms with Gasteiger partial charge in [0.25, 0.3) is 0 Å². The van der Waals surface area contributed by atoms with Gasteiger partial charge in [0, 0.05) is 45.0 Å². The molecule has 1 aromatic heterocycles. The molecule has 0 radical (unpaired) electrons. The first-order valence-electron chi connectivity index (χ1n) is 8.89. The van der Waals surface area contributed by atoms with Gasteiger partial charge < -0.3 is 15.5 Å². The average molecular weight is 353 g/mol. The van der Waals surface area contributed by atoms with E-state index >= 15 is 0 Å². The fourth-order valence-corrected chi connectivity index (χ4v) is 2.53. The molecule has 138 valence electrons. The molecule has 0 saturated carbocycles. The van der Waals surface area contributed by atoms with Gasteiger partial charge in [-0.3, -0.25) is 14.8 Å². The summed E-state index contributed by atoms with van der Waals surface area (Å²) in [5.74, 6) is 0.661. The van der Waals surface area contributed by atoms with Gasteiger partial charge in [-0.2, -0.15) is 0 Å². The van der Waals surface area contributed by atoms with Crippen LogP contribution in [0.3, 0.4) is 0 Å². The zero-order chi connectivity index (χ0) is 18.6. The van der Waals surface area contributed by atoms with Gasteiger partial charge in [0.05, 0.1) is 6.54 Å². The Morgan fingerprint density at radius 2 is 1.88 bits per heavy atom. The van der Waals surface area contributed by atoms with Crippen molar-refractivity contribution >= 4 is 11.9 Å². The summed E-state index contributed by atoms with van der Waals surface area (Å²) in [6.07, 6.45) is 2.58. The molecule has 0 fully saturated rings. The molecule has 0 spiro atoms. The zero-order valence-corrected chi connectivity index (χ0v) is 15.5. The van der Waals surface area contributed by atoms with Crippen LogP contribution < -0.4 is 10.6 Å². The van der Waals surface area contributed by atoms with Gasteiger partial charge >= 0.3 is 0 Å². The van der Waals surface area contributed by atoms with E-state index < -0.39 is 0 Å². The number of aliphatic imine (C=N–C) groups is 1. The molecule has 0 aliphatic carbocycles. The molecule has 6 heteroatoms. The standard InChI is InChI=1S/C20H27N5O/c1-3-25(16-17-9-5-4-6-10-17)19(26)15-24-20(21-2)23-14-12-18-11-7-8-13-22-18/h4-11,13H,3,12,14-16H2,1-2H3,(H2,21,23,24). The highest BCUT2D eigenvalue weighted by Gasteiger charge is 2.12. The maximum absolute atomic E-state index is 12.5. The van der Waals surface area contributed by atoms with Gasteiger partial charge in [0.2, 0.25) is 5.91 Å². The van der Waals surface area contributed by atoms with Crippen molar-refractivity contribution in [2.75, 3.05) is 26.7 Å². The van der Waals surface area contributed by atoms with E-state index in [-0.39, 0.29) is 12.5 Å². The Morgan fingerprint density at radius 1 is 1.12 bits per heavy atom. The summed E-state index contributed by atoms with van der Waals surface area (Å²) in [6, 6.07) is 15.9. The molecule has 2 rings (SSSR count). The molecule has 26 heavy (non-hydrogen) atoms. The van der Waals surface area contributed by atoms with Crippen molar-refractivity contribution in [2.24, 2.45) is 4.99 Å². The van der Waals surface area contributed by atoms with E-state index in [2.05, 4.69) is 20.6 Å². The molecule has 1 amide bonds. The maximum Gasteiger partial charge on any atom is 0.242 e. The van der Waals surface area contributed by atoms with E-state index in [1.54, 1.807) is 13.2 Å². The maximum atomic E-state index is 12.5. The van der Waals surface area contributed by atoms with Crippen LogP contribution in [0.5, 0.6) is 0 Å². The van der Waals surface area contributed by atoms with E-state index in [1.165, 1.54) is 0 Å². The quantitative estimate of drug-likeness (QED) is 0.561. The van der Waals surface area contributed by atoms with Crippen molar-refractivity contribution in [2.45, 2.75) is 19.9 Å². The van der Waals surface area contributed by atoms with Crippen LogP contribution in [0.1, 0.15) is 18.2 Å². The molecule has 0 aliphatic rings. The Bertz CT molecular complexity index is 688. The smallest absolute Gasteiger partial charge is 0.242 e. The Hall–Kier alpha value is -2.89. The van der Waals surface area contributed by atoms with E-state index in [0.29, 0.717) is 25.6 Å². The number of aromatic nitrogens is 1. The normalized spacial score (nSPS) is 11.1. The summed E-state index contributed by atoms with van der Waals surface area (Å²) in [6.45, 7) is 4.18. The number of nitrogens with one attached hydrogen (secondary N) is 2. The lowest BCUT2D eigenvalue weighted by atomic mass is 10.2. The minimum Gasteiger partial charge on any atom is -0.356 e. The summed E-state index contributed by atoms with van der Waals surface area (Å²) >= 11 is 0. The molecule has 1 aromatic carbocycles. The summed E-state index contributed by atoms with van der Waals surface area (Å²) in [5.41, 5.74) is 2.15. The summed E-state index contributed by atoms with van der Waals surface area (Å²) < 4.78 is 0. The SMILES string of the molecule is CCN(Cc1ccccc1)C(=O)CNC(=NC)NCCc1ccccn1. The first-order chi connectivity index (χ1) is 12.7. The number of rotatable bonds is 8. The molecule has 6 nitrogen and oxygen atoms in total. The van der Waals surface area contributed by atoms with Crippen molar-refractivity contribution in [3.05, 3.63) is 66.0 Å². The molecule has 2 aromatic rings. The Balaban J connectivity index is 1.76. The van der Waals surface area contributed by atoms with Crippen molar-refractivity contribution in [3.63, 3.8) is 0 Å². The molecular weight excluding hydrogens is 326 g/mol. The number of nitrogens with zero attached hydrogens (tertiary/aromatic N) is 3. The lowest BCUT2D eigenvalue weighted by Gasteiger charge is -2.22. The highest BCUT2D eigenvalue weighted by Crippen LogP contribution is 2.04. The van der Waals surface area contributed by atoms with Crippen molar-refractivity contribution in [3.8, 4) is 0 Å². The van der Waals surface area contributed by atoms with Crippen molar-refractivity contribution in [1.29, 1.82) is 0 Å². The van der Waals surface area contributed by atoms with Crippen LogP contribution in [0.4, 0.5) is 0 Å². The monoisotopic (exact) mass is 353 g/mol. The number of likely N-dealkylation sites (N-methyl/N-ethyl adjacent to an activating group) is 1. The molecule has 0 aliphatic heterocycles. The van der Waals surface area contributed by atoms with E-state index in [9.17, 15) is 4.79 Å². The minimum absolute atomic E-state index is 0.0454. The van der Waals surface area contributed by atoms with Crippen LogP contribution in [-0.2, 0) is 17.8 Å². The van der Waals surface area contributed by atoms with Crippen LogP contribution in [-0.4, -0.2) is 48.4 Å². The minimum atomic E-state index is 0.0454. The molecule has 0 saturated heterocycles. The second-order valence-corrected chi connectivity index (χ2v) is 5.82. The summed E-state index contributed by atoms with van der Waals surface area (Å²) in [4.78, 5) is 22.7. The van der Waals surface area contributed by atoms with Crippen molar-refractivity contribution < 1.29 is 4.79 Å². The fourth-order valence-electron chi connectivity index (χ4n) is 2.53. The summed E-state index contributed by atoms with van der Waals surface area (Å²) in [7, 11) is 1.70. The highest BCUT2D eigenvalue weighted by molar-refractivity contribution is 5.86. The van der Waals surface area contributed by atoms with Gasteiger partial charge in [-0.25, -0.2) is 0 Å². The fraction of sp³-hybridized carbons (Fsp3) is 0.350. The molecule has 0 atom stereocenters. The Morgan fingerprint density at radius 3 is 2.54 bits per heavy atom. The largest absolute Gasteiger partial charge is 0.356 e. The first-order valence-corrected chi connectivity index (χ1v) is 8.89. The summed E-state index contributed by atoms with van der Waals surface area (Å²) in [5, 5.41) is 6.29. The van der Waals surface area contributed by atoms with E-state index in [1.807, 2.05) is 60.4 Å². The lowest BCUT2D eigenvalue weighted by molar-refractivity contribution is -0.130. The first kappa shape index (κ1) is 19.4. The molecule has 1 heterocycles. The molecule has 0 bridgehead atoms. The Labute approximate surface area is 155 Å². The van der Waals surface area contributed by atoms with Crippen LogP contribution in [0.25, 0.3) is 0 Å². The predicted molar refractivity (Wildman–Crippen MR) is 105 cm³/mol. The van der Waals surface area contributed by atoms with Crippen LogP contribution in [0.2, 0.25) is 0 Å². The predicted octanol–water partition coefficient (Wildman–Crippen LogP) is 1.84. The number of hydrogen-bond donors (Lipinski definition) is 2. The van der Waals surface area contributed by atoms with E-state index in [4.69, 9.17) is 0 Å². The third kappa shape index (κ3) is 6.55. The Kier molecular flexibility index (Phi) is 8.12. The second kappa shape index (κ2) is 10.9. The van der Waals surface area contributed by atoms with Gasteiger partial charge in [-0.1, -0.05) is 36.4 Å². The van der Waals surface area contributed by atoms with Gasteiger partial charge in [0.1, 0.15) is 0 Å². The molecule has 2 N–H and O–H groups in total. The zero-order valence-electron chi connectivity index (χ0n) is 15.5. The molecule has 0 unspecified atom stereocenters. The van der Waals surface area contributed by atoms with Gasteiger partial charge in [0.15, 0.2) is 5.96 Å². The topological polar surface area (TPSA) is 69.6 Å². The lowest BCUT2D eigenvalue weighted by Crippen LogP contribution is -2.44. The van der Waals surface area contributed by atoms with Crippen LogP contribution in [0, 0.1) is 0 Å². The molecular formula is C20H27N5O. The van der Waals surface area contributed by atoms with E-state index in [0.717, 1.165) is 17.7 Å².